The summed E-state index contributed by atoms with van der Waals surface area (Å²) in [4.78, 5) is 22.6. The lowest BCUT2D eigenvalue weighted by molar-refractivity contribution is -0.152. The molecule has 0 bridgehead atoms. The molecule has 0 amide bonds. The molecule has 0 aliphatic rings. The van der Waals surface area contributed by atoms with Crippen LogP contribution >= 0.6 is 0 Å². The Morgan fingerprint density at radius 2 is 1.29 bits per heavy atom. The Hall–Kier alpha value is -1.32. The molecule has 1 unspecified atom stereocenters. The number of carboxylic acid groups (broad SMARTS) is 1. The summed E-state index contributed by atoms with van der Waals surface area (Å²) in [7, 11) is 0. The van der Waals surface area contributed by atoms with Gasteiger partial charge in [-0.2, -0.15) is 0 Å². The van der Waals surface area contributed by atoms with E-state index < -0.39 is 17.9 Å². The molecule has 0 aromatic rings. The lowest BCUT2D eigenvalue weighted by Crippen LogP contribution is -2.20. The van der Waals surface area contributed by atoms with E-state index in [0.717, 1.165) is 12.8 Å². The molecule has 0 saturated carbocycles. The molecule has 0 aromatic carbocycles. The van der Waals surface area contributed by atoms with Gasteiger partial charge in [-0.3, -0.25) is 9.59 Å². The van der Waals surface area contributed by atoms with E-state index in [1.54, 1.807) is 6.92 Å². The summed E-state index contributed by atoms with van der Waals surface area (Å²) in [5.41, 5.74) is 0. The summed E-state index contributed by atoms with van der Waals surface area (Å²) in [6.07, 6.45) is 22.8. The second kappa shape index (κ2) is 20.4. The average molecular weight is 397 g/mol. The maximum absolute atomic E-state index is 11.8. The molecule has 1 atom stereocenters. The van der Waals surface area contributed by atoms with Crippen molar-refractivity contribution in [2.75, 3.05) is 6.61 Å². The van der Waals surface area contributed by atoms with Crippen LogP contribution < -0.4 is 0 Å². The van der Waals surface area contributed by atoms with E-state index in [-0.39, 0.29) is 13.0 Å². The third kappa shape index (κ3) is 18.1. The second-order valence-electron chi connectivity index (χ2n) is 7.79. The fraction of sp³-hybridized carbons (Fsp3) is 0.833. The van der Waals surface area contributed by atoms with Gasteiger partial charge in [0, 0.05) is 0 Å². The van der Waals surface area contributed by atoms with Crippen molar-refractivity contribution >= 4 is 11.9 Å². The lowest BCUT2D eigenvalue weighted by atomic mass is 10.0. The summed E-state index contributed by atoms with van der Waals surface area (Å²) < 4.78 is 4.95. The van der Waals surface area contributed by atoms with Gasteiger partial charge in [-0.1, -0.05) is 96.1 Å². The molecule has 1 N–H and O–H groups in total. The van der Waals surface area contributed by atoms with E-state index >= 15 is 0 Å². The summed E-state index contributed by atoms with van der Waals surface area (Å²) in [5, 5.41) is 8.90. The maximum atomic E-state index is 11.8. The summed E-state index contributed by atoms with van der Waals surface area (Å²) in [6.45, 7) is 4.29. The molecule has 164 valence electrons. The standard InChI is InChI=1S/C24H44O4/c1-3-5-6-7-8-9-10-11-12-13-14-15-16-17-18-19-20-22(21-23(25)26)24(27)28-4-2/h18-19,22H,3-17,20-21H2,1-2H3,(H,25,26). The molecule has 0 aliphatic heterocycles. The van der Waals surface area contributed by atoms with Gasteiger partial charge < -0.3 is 9.84 Å². The van der Waals surface area contributed by atoms with Crippen LogP contribution in [-0.2, 0) is 14.3 Å². The average Bonchev–Trinajstić information content (AvgIpc) is 2.66. The molecule has 0 heterocycles. The van der Waals surface area contributed by atoms with Gasteiger partial charge in [-0.15, -0.1) is 0 Å². The normalized spacial score (nSPS) is 12.4. The quantitative estimate of drug-likeness (QED) is 0.136. The zero-order valence-electron chi connectivity index (χ0n) is 18.4. The molecule has 4 nitrogen and oxygen atoms in total. The number of carboxylic acids is 1. The first kappa shape index (κ1) is 26.7. The Bertz CT molecular complexity index is 403. The van der Waals surface area contributed by atoms with E-state index in [9.17, 15) is 9.59 Å². The van der Waals surface area contributed by atoms with E-state index in [1.807, 2.05) is 6.08 Å². The van der Waals surface area contributed by atoms with Crippen molar-refractivity contribution < 1.29 is 19.4 Å². The Morgan fingerprint density at radius 1 is 0.786 bits per heavy atom. The zero-order valence-corrected chi connectivity index (χ0v) is 18.4. The van der Waals surface area contributed by atoms with Gasteiger partial charge in [-0.05, 0) is 26.2 Å². The molecular formula is C24H44O4. The first-order valence-corrected chi connectivity index (χ1v) is 11.6. The highest BCUT2D eigenvalue weighted by Crippen LogP contribution is 2.15. The number of hydrogen-bond donors (Lipinski definition) is 1. The van der Waals surface area contributed by atoms with Crippen molar-refractivity contribution in [2.24, 2.45) is 5.92 Å². The number of carbonyl (C=O) groups excluding carboxylic acids is 1. The highest BCUT2D eigenvalue weighted by molar-refractivity contribution is 5.79. The molecule has 0 radical (unpaired) electrons. The van der Waals surface area contributed by atoms with Crippen LogP contribution in [0.3, 0.4) is 0 Å². The van der Waals surface area contributed by atoms with Crippen LogP contribution in [-0.4, -0.2) is 23.7 Å². The van der Waals surface area contributed by atoms with Gasteiger partial charge in [0.25, 0.3) is 0 Å². The number of aliphatic carboxylic acids is 1. The van der Waals surface area contributed by atoms with Gasteiger partial charge in [0.2, 0.25) is 0 Å². The maximum Gasteiger partial charge on any atom is 0.309 e. The van der Waals surface area contributed by atoms with Gasteiger partial charge in [0.1, 0.15) is 0 Å². The van der Waals surface area contributed by atoms with Crippen molar-refractivity contribution in [1.29, 1.82) is 0 Å². The van der Waals surface area contributed by atoms with E-state index in [0.29, 0.717) is 6.42 Å². The minimum absolute atomic E-state index is 0.165. The van der Waals surface area contributed by atoms with Crippen LogP contribution in [0.25, 0.3) is 0 Å². The number of rotatable bonds is 20. The van der Waals surface area contributed by atoms with E-state index in [2.05, 4.69) is 13.0 Å². The van der Waals surface area contributed by atoms with Crippen LogP contribution in [0.15, 0.2) is 12.2 Å². The molecular weight excluding hydrogens is 352 g/mol. The van der Waals surface area contributed by atoms with E-state index in [4.69, 9.17) is 9.84 Å². The first-order chi connectivity index (χ1) is 13.6. The minimum Gasteiger partial charge on any atom is -0.481 e. The Morgan fingerprint density at radius 3 is 1.75 bits per heavy atom. The van der Waals surface area contributed by atoms with Crippen LogP contribution in [0.2, 0.25) is 0 Å². The minimum atomic E-state index is -0.956. The smallest absolute Gasteiger partial charge is 0.309 e. The summed E-state index contributed by atoms with van der Waals surface area (Å²) >= 11 is 0. The van der Waals surface area contributed by atoms with Crippen molar-refractivity contribution in [3.05, 3.63) is 12.2 Å². The predicted octanol–water partition coefficient (Wildman–Crippen LogP) is 7.07. The summed E-state index contributed by atoms with van der Waals surface area (Å²) in [6, 6.07) is 0. The molecule has 28 heavy (non-hydrogen) atoms. The molecule has 0 aliphatic carbocycles. The molecule has 0 fully saturated rings. The predicted molar refractivity (Wildman–Crippen MR) is 116 cm³/mol. The highest BCUT2D eigenvalue weighted by atomic mass is 16.5. The largest absolute Gasteiger partial charge is 0.481 e. The Labute approximate surface area is 173 Å². The Kier molecular flexibility index (Phi) is 19.5. The van der Waals surface area contributed by atoms with Crippen LogP contribution in [0, 0.1) is 5.92 Å². The number of ether oxygens (including phenoxy) is 1. The van der Waals surface area contributed by atoms with Crippen LogP contribution in [0.1, 0.15) is 117 Å². The van der Waals surface area contributed by atoms with Gasteiger partial charge in [0.05, 0.1) is 18.9 Å². The number of carbonyl (C=O) groups is 2. The lowest BCUT2D eigenvalue weighted by Gasteiger charge is -2.11. The van der Waals surface area contributed by atoms with Crippen molar-refractivity contribution in [3.63, 3.8) is 0 Å². The SMILES string of the molecule is CCCCCCCCCCCCCCCC=CCC(CC(=O)O)C(=O)OCC. The van der Waals surface area contributed by atoms with Crippen molar-refractivity contribution in [3.8, 4) is 0 Å². The molecule has 0 aromatic heterocycles. The third-order valence-corrected chi connectivity index (χ3v) is 5.10. The number of unbranched alkanes of at least 4 members (excludes halogenated alkanes) is 13. The molecule has 0 rings (SSSR count). The van der Waals surface area contributed by atoms with E-state index in [1.165, 1.54) is 77.0 Å². The first-order valence-electron chi connectivity index (χ1n) is 11.6. The third-order valence-electron chi connectivity index (χ3n) is 5.10. The fourth-order valence-corrected chi connectivity index (χ4v) is 3.39. The summed E-state index contributed by atoms with van der Waals surface area (Å²) in [5.74, 6) is -1.93. The number of allylic oxidation sites excluding steroid dienone is 2. The number of hydrogen-bond acceptors (Lipinski definition) is 3. The van der Waals surface area contributed by atoms with Crippen LogP contribution in [0.5, 0.6) is 0 Å². The van der Waals surface area contributed by atoms with Crippen molar-refractivity contribution in [2.45, 2.75) is 117 Å². The monoisotopic (exact) mass is 396 g/mol. The molecule has 0 spiro atoms. The molecule has 4 heteroatoms. The fourth-order valence-electron chi connectivity index (χ4n) is 3.39. The van der Waals surface area contributed by atoms with Crippen molar-refractivity contribution in [1.82, 2.24) is 0 Å². The Balaban J connectivity index is 3.53. The van der Waals surface area contributed by atoms with Gasteiger partial charge in [0.15, 0.2) is 0 Å². The topological polar surface area (TPSA) is 63.6 Å². The number of esters is 1. The highest BCUT2D eigenvalue weighted by Gasteiger charge is 2.21. The van der Waals surface area contributed by atoms with Crippen LogP contribution in [0.4, 0.5) is 0 Å². The van der Waals surface area contributed by atoms with Gasteiger partial charge in [-0.25, -0.2) is 0 Å². The second-order valence-corrected chi connectivity index (χ2v) is 7.79. The zero-order chi connectivity index (χ0) is 20.9. The molecule has 0 saturated heterocycles. The van der Waals surface area contributed by atoms with Gasteiger partial charge >= 0.3 is 11.9 Å².